The number of halogens is 1. The van der Waals surface area contributed by atoms with E-state index in [1.165, 1.54) is 4.31 Å². The van der Waals surface area contributed by atoms with E-state index in [2.05, 4.69) is 10.6 Å². The van der Waals surface area contributed by atoms with Gasteiger partial charge in [-0.05, 0) is 48.6 Å². The third kappa shape index (κ3) is 4.67. The molecule has 1 aromatic carbocycles. The smallest absolute Gasteiger partial charge is 0.313 e. The number of hydrogen-bond donors (Lipinski definition) is 2. The second-order valence-electron chi connectivity index (χ2n) is 6.01. The highest BCUT2D eigenvalue weighted by molar-refractivity contribution is 7.91. The average molecular weight is 428 g/mol. The highest BCUT2D eigenvalue weighted by Crippen LogP contribution is 2.28. The lowest BCUT2D eigenvalue weighted by Gasteiger charge is -2.23. The number of carbonyl (C=O) groups is 2. The van der Waals surface area contributed by atoms with Gasteiger partial charge in [-0.2, -0.15) is 4.31 Å². The van der Waals surface area contributed by atoms with Gasteiger partial charge in [0.1, 0.15) is 4.21 Å². The van der Waals surface area contributed by atoms with E-state index in [-0.39, 0.29) is 16.8 Å². The monoisotopic (exact) mass is 427 g/mol. The Kier molecular flexibility index (Phi) is 6.15. The predicted octanol–water partition coefficient (Wildman–Crippen LogP) is 2.31. The first kappa shape index (κ1) is 19.8. The fourth-order valence-corrected chi connectivity index (χ4v) is 5.81. The van der Waals surface area contributed by atoms with E-state index in [9.17, 15) is 18.0 Å². The van der Waals surface area contributed by atoms with Gasteiger partial charge < -0.3 is 10.6 Å². The number of amides is 2. The van der Waals surface area contributed by atoms with Gasteiger partial charge in [-0.15, -0.1) is 11.3 Å². The maximum absolute atomic E-state index is 12.7. The summed E-state index contributed by atoms with van der Waals surface area (Å²) in [6, 6.07) is 9.24. The molecular formula is C17H18ClN3O4S2. The molecule has 0 radical (unpaired) electrons. The second-order valence-corrected chi connectivity index (χ2v) is 9.52. The van der Waals surface area contributed by atoms with E-state index in [4.69, 9.17) is 11.6 Å². The Bertz CT molecular complexity index is 914. The zero-order valence-corrected chi connectivity index (χ0v) is 16.6. The minimum absolute atomic E-state index is 0.0808. The highest BCUT2D eigenvalue weighted by atomic mass is 35.5. The molecule has 1 aromatic heterocycles. The zero-order valence-electron chi connectivity index (χ0n) is 14.2. The first-order chi connectivity index (χ1) is 12.9. The number of carbonyl (C=O) groups excluding carboxylic acids is 2. The van der Waals surface area contributed by atoms with Crippen LogP contribution < -0.4 is 10.6 Å². The van der Waals surface area contributed by atoms with E-state index in [0.717, 1.165) is 11.3 Å². The average Bonchev–Trinajstić information content (AvgIpc) is 3.33. The number of nitrogens with zero attached hydrogens (tertiary/aromatic N) is 1. The highest BCUT2D eigenvalue weighted by Gasteiger charge is 2.36. The molecule has 7 nitrogen and oxygen atoms in total. The van der Waals surface area contributed by atoms with Crippen molar-refractivity contribution >= 4 is 50.5 Å². The summed E-state index contributed by atoms with van der Waals surface area (Å²) in [7, 11) is -3.58. The number of sulfonamides is 1. The summed E-state index contributed by atoms with van der Waals surface area (Å²) in [5.74, 6) is -1.63. The summed E-state index contributed by atoms with van der Waals surface area (Å²) < 4.78 is 27.1. The quantitative estimate of drug-likeness (QED) is 0.716. The molecule has 2 amide bonds. The van der Waals surface area contributed by atoms with Crippen LogP contribution in [0.25, 0.3) is 0 Å². The van der Waals surface area contributed by atoms with Crippen LogP contribution in [0.15, 0.2) is 46.0 Å². The number of benzene rings is 1. The zero-order chi connectivity index (χ0) is 19.4. The Hall–Kier alpha value is -1.94. The SMILES string of the molecule is O=C(NCC1CCCN1S(=O)(=O)c1cccs1)C(=O)Nc1ccc(Cl)cc1. The van der Waals surface area contributed by atoms with Crippen LogP contribution in [-0.2, 0) is 19.6 Å². The Morgan fingerprint density at radius 3 is 2.59 bits per heavy atom. The number of hydrogen-bond acceptors (Lipinski definition) is 5. The molecule has 3 rings (SSSR count). The molecule has 2 aromatic rings. The maximum atomic E-state index is 12.7. The molecule has 1 aliphatic rings. The summed E-state index contributed by atoms with van der Waals surface area (Å²) in [5, 5.41) is 7.22. The van der Waals surface area contributed by atoms with Crippen LogP contribution in [0.5, 0.6) is 0 Å². The lowest BCUT2D eigenvalue weighted by atomic mass is 10.2. The predicted molar refractivity (Wildman–Crippen MR) is 104 cm³/mol. The molecule has 1 aliphatic heterocycles. The van der Waals surface area contributed by atoms with Crippen LogP contribution in [0.4, 0.5) is 5.69 Å². The molecule has 0 bridgehead atoms. The molecular weight excluding hydrogens is 410 g/mol. The molecule has 27 heavy (non-hydrogen) atoms. The van der Waals surface area contributed by atoms with Gasteiger partial charge >= 0.3 is 11.8 Å². The van der Waals surface area contributed by atoms with Crippen molar-refractivity contribution < 1.29 is 18.0 Å². The molecule has 0 aliphatic carbocycles. The van der Waals surface area contributed by atoms with Crippen molar-refractivity contribution in [3.63, 3.8) is 0 Å². The molecule has 144 valence electrons. The van der Waals surface area contributed by atoms with Crippen LogP contribution in [0.2, 0.25) is 5.02 Å². The van der Waals surface area contributed by atoms with Crippen molar-refractivity contribution in [3.8, 4) is 0 Å². The molecule has 2 heterocycles. The summed E-state index contributed by atoms with van der Waals surface area (Å²) >= 11 is 6.94. The number of rotatable bonds is 5. The third-order valence-corrected chi connectivity index (χ3v) is 7.76. The van der Waals surface area contributed by atoms with Crippen LogP contribution in [0.1, 0.15) is 12.8 Å². The van der Waals surface area contributed by atoms with Gasteiger partial charge in [0, 0.05) is 29.8 Å². The minimum Gasteiger partial charge on any atom is -0.346 e. The van der Waals surface area contributed by atoms with Crippen molar-refractivity contribution in [2.75, 3.05) is 18.4 Å². The first-order valence-electron chi connectivity index (χ1n) is 8.28. The Morgan fingerprint density at radius 2 is 1.93 bits per heavy atom. The van der Waals surface area contributed by atoms with E-state index in [1.54, 1.807) is 41.8 Å². The largest absolute Gasteiger partial charge is 0.346 e. The van der Waals surface area contributed by atoms with Crippen LogP contribution >= 0.6 is 22.9 Å². The van der Waals surface area contributed by atoms with E-state index in [0.29, 0.717) is 30.1 Å². The normalized spacial score (nSPS) is 17.6. The van der Waals surface area contributed by atoms with Crippen molar-refractivity contribution in [1.82, 2.24) is 9.62 Å². The number of thiophene rings is 1. The fraction of sp³-hybridized carbons (Fsp3) is 0.294. The molecule has 0 spiro atoms. The van der Waals surface area contributed by atoms with Gasteiger partial charge in [0.25, 0.3) is 10.0 Å². The Morgan fingerprint density at radius 1 is 1.19 bits per heavy atom. The lowest BCUT2D eigenvalue weighted by molar-refractivity contribution is -0.136. The molecule has 1 unspecified atom stereocenters. The molecule has 1 saturated heterocycles. The summed E-state index contributed by atoms with van der Waals surface area (Å²) in [6.07, 6.45) is 1.34. The van der Waals surface area contributed by atoms with Crippen LogP contribution in [0.3, 0.4) is 0 Å². The van der Waals surface area contributed by atoms with Crippen molar-refractivity contribution in [1.29, 1.82) is 0 Å². The first-order valence-corrected chi connectivity index (χ1v) is 11.0. The number of anilines is 1. The maximum Gasteiger partial charge on any atom is 0.313 e. The number of nitrogens with one attached hydrogen (secondary N) is 2. The minimum atomic E-state index is -3.58. The lowest BCUT2D eigenvalue weighted by Crippen LogP contribution is -2.45. The fourth-order valence-electron chi connectivity index (χ4n) is 2.87. The Balaban J connectivity index is 1.57. The van der Waals surface area contributed by atoms with Gasteiger partial charge in [-0.25, -0.2) is 8.42 Å². The van der Waals surface area contributed by atoms with Crippen LogP contribution in [0, 0.1) is 0 Å². The Labute approximate surface area is 166 Å². The molecule has 1 atom stereocenters. The molecule has 1 fully saturated rings. The summed E-state index contributed by atoms with van der Waals surface area (Å²) in [4.78, 5) is 24.0. The standard InChI is InChI=1S/C17H18ClN3O4S2/c18-12-5-7-13(8-6-12)20-17(23)16(22)19-11-14-3-1-9-21(14)27(24,25)15-4-2-10-26-15/h2,4-8,10,14H,1,3,9,11H2,(H,19,22)(H,20,23). The van der Waals surface area contributed by atoms with Crippen LogP contribution in [-0.4, -0.2) is 43.7 Å². The topological polar surface area (TPSA) is 95.6 Å². The van der Waals surface area contributed by atoms with E-state index in [1.807, 2.05) is 0 Å². The summed E-state index contributed by atoms with van der Waals surface area (Å²) in [6.45, 7) is 0.481. The van der Waals surface area contributed by atoms with E-state index < -0.39 is 21.8 Å². The second kappa shape index (κ2) is 8.39. The van der Waals surface area contributed by atoms with Gasteiger partial charge in [0.05, 0.1) is 0 Å². The van der Waals surface area contributed by atoms with Crippen molar-refractivity contribution in [3.05, 3.63) is 46.8 Å². The summed E-state index contributed by atoms with van der Waals surface area (Å²) in [5.41, 5.74) is 0.447. The van der Waals surface area contributed by atoms with E-state index >= 15 is 0 Å². The van der Waals surface area contributed by atoms with Crippen molar-refractivity contribution in [2.45, 2.75) is 23.1 Å². The van der Waals surface area contributed by atoms with Gasteiger partial charge in [0.2, 0.25) is 0 Å². The third-order valence-electron chi connectivity index (χ3n) is 4.19. The van der Waals surface area contributed by atoms with Gasteiger partial charge in [0.15, 0.2) is 0 Å². The molecule has 10 heteroatoms. The van der Waals surface area contributed by atoms with Gasteiger partial charge in [-0.3, -0.25) is 9.59 Å². The molecule has 2 N–H and O–H groups in total. The van der Waals surface area contributed by atoms with Crippen molar-refractivity contribution in [2.24, 2.45) is 0 Å². The molecule has 0 saturated carbocycles. The van der Waals surface area contributed by atoms with Gasteiger partial charge in [-0.1, -0.05) is 17.7 Å².